The first-order chi connectivity index (χ1) is 11.2. The maximum absolute atomic E-state index is 9.00. The van der Waals surface area contributed by atoms with Crippen LogP contribution in [0.5, 0.6) is 0 Å². The Morgan fingerprint density at radius 1 is 1.26 bits per heavy atom. The van der Waals surface area contributed by atoms with E-state index in [-0.39, 0.29) is 6.61 Å². The first-order valence-corrected chi connectivity index (χ1v) is 8.57. The van der Waals surface area contributed by atoms with Gasteiger partial charge in [-0.1, -0.05) is 23.2 Å². The highest BCUT2D eigenvalue weighted by atomic mass is 35.5. The largest absolute Gasteiger partial charge is 0.394 e. The molecule has 3 rings (SSSR count). The second-order valence-electron chi connectivity index (χ2n) is 5.88. The maximum atomic E-state index is 9.00. The van der Waals surface area contributed by atoms with Gasteiger partial charge in [-0.25, -0.2) is 0 Å². The summed E-state index contributed by atoms with van der Waals surface area (Å²) in [7, 11) is 0. The Hall–Kier alpha value is -1.14. The van der Waals surface area contributed by atoms with Crippen LogP contribution >= 0.6 is 23.2 Å². The van der Waals surface area contributed by atoms with Crippen LogP contribution in [0.3, 0.4) is 0 Å². The number of hydrogen-bond acceptors (Lipinski definition) is 4. The second-order valence-corrected chi connectivity index (χ2v) is 6.70. The number of hydrogen-bond donors (Lipinski definition) is 1. The van der Waals surface area contributed by atoms with Crippen LogP contribution in [0.25, 0.3) is 0 Å². The van der Waals surface area contributed by atoms with Crippen molar-refractivity contribution in [3.63, 3.8) is 0 Å². The molecule has 0 aliphatic carbocycles. The van der Waals surface area contributed by atoms with Gasteiger partial charge in [0.25, 0.3) is 0 Å². The average molecular weight is 355 g/mol. The van der Waals surface area contributed by atoms with Crippen LogP contribution in [0.2, 0.25) is 10.0 Å². The molecule has 1 atom stereocenters. The van der Waals surface area contributed by atoms with Gasteiger partial charge in [0.05, 0.1) is 28.9 Å². The van der Waals surface area contributed by atoms with Crippen LogP contribution in [0.15, 0.2) is 24.7 Å². The lowest BCUT2D eigenvalue weighted by atomic mass is 9.94. The molecule has 3 heterocycles. The fourth-order valence-electron chi connectivity index (χ4n) is 3.08. The molecule has 2 aromatic heterocycles. The zero-order chi connectivity index (χ0) is 16.2. The molecule has 23 heavy (non-hydrogen) atoms. The van der Waals surface area contributed by atoms with Gasteiger partial charge >= 0.3 is 0 Å². The van der Waals surface area contributed by atoms with Gasteiger partial charge in [0.15, 0.2) is 0 Å². The monoisotopic (exact) mass is 354 g/mol. The van der Waals surface area contributed by atoms with Crippen molar-refractivity contribution in [1.29, 1.82) is 0 Å². The van der Waals surface area contributed by atoms with E-state index in [1.54, 1.807) is 17.1 Å². The van der Waals surface area contributed by atoms with E-state index in [0.29, 0.717) is 22.5 Å². The minimum atomic E-state index is 0.108. The van der Waals surface area contributed by atoms with Gasteiger partial charge in [-0.15, -0.1) is 0 Å². The summed E-state index contributed by atoms with van der Waals surface area (Å²) in [5, 5.41) is 14.8. The Bertz CT molecular complexity index is 641. The van der Waals surface area contributed by atoms with Crippen LogP contribution in [-0.2, 0) is 13.1 Å². The van der Waals surface area contributed by atoms with Crippen molar-refractivity contribution in [3.05, 3.63) is 46.0 Å². The van der Waals surface area contributed by atoms with Crippen molar-refractivity contribution in [2.45, 2.75) is 31.8 Å². The summed E-state index contributed by atoms with van der Waals surface area (Å²) >= 11 is 12.5. The van der Waals surface area contributed by atoms with Gasteiger partial charge in [-0.2, -0.15) is 5.10 Å². The Morgan fingerprint density at radius 2 is 2.04 bits per heavy atom. The SMILES string of the molecule is OCCn1ccc([C@H]2CCCN(Cc3c(Cl)cncc3Cl)C2)n1. The van der Waals surface area contributed by atoms with E-state index in [4.69, 9.17) is 28.3 Å². The van der Waals surface area contributed by atoms with Crippen LogP contribution in [-0.4, -0.2) is 44.5 Å². The van der Waals surface area contributed by atoms with Crippen LogP contribution in [0.4, 0.5) is 0 Å². The quantitative estimate of drug-likeness (QED) is 0.896. The van der Waals surface area contributed by atoms with Gasteiger partial charge in [0.2, 0.25) is 0 Å². The van der Waals surface area contributed by atoms with Crippen molar-refractivity contribution >= 4 is 23.2 Å². The zero-order valence-corrected chi connectivity index (χ0v) is 14.3. The molecular weight excluding hydrogens is 335 g/mol. The molecule has 0 aromatic carbocycles. The van der Waals surface area contributed by atoms with Crippen molar-refractivity contribution in [1.82, 2.24) is 19.7 Å². The van der Waals surface area contributed by atoms with Crippen molar-refractivity contribution in [2.24, 2.45) is 0 Å². The van der Waals surface area contributed by atoms with Gasteiger partial charge in [-0.3, -0.25) is 14.6 Å². The molecule has 0 saturated carbocycles. The van der Waals surface area contributed by atoms with Gasteiger partial charge < -0.3 is 5.11 Å². The highest BCUT2D eigenvalue weighted by molar-refractivity contribution is 6.35. The normalized spacial score (nSPS) is 19.2. The number of rotatable bonds is 5. The van der Waals surface area contributed by atoms with E-state index in [1.807, 2.05) is 6.20 Å². The van der Waals surface area contributed by atoms with Crippen LogP contribution in [0.1, 0.15) is 30.0 Å². The molecule has 1 aliphatic rings. The maximum Gasteiger partial charge on any atom is 0.0668 e. The second kappa shape index (κ2) is 7.62. The first-order valence-electron chi connectivity index (χ1n) is 7.82. The predicted molar refractivity (Wildman–Crippen MR) is 90.8 cm³/mol. The van der Waals surface area contributed by atoms with Crippen molar-refractivity contribution in [3.8, 4) is 0 Å². The molecule has 2 aromatic rings. The molecule has 0 amide bonds. The van der Waals surface area contributed by atoms with Gasteiger partial charge in [-0.05, 0) is 25.5 Å². The number of pyridine rings is 1. The molecule has 0 unspecified atom stereocenters. The molecule has 0 spiro atoms. The molecule has 1 N–H and O–H groups in total. The number of nitrogens with zero attached hydrogens (tertiary/aromatic N) is 4. The number of aliphatic hydroxyl groups excluding tert-OH is 1. The Balaban J connectivity index is 1.68. The predicted octanol–water partition coefficient (Wildman–Crippen LogP) is 2.96. The molecule has 124 valence electrons. The summed E-state index contributed by atoms with van der Waals surface area (Å²) in [4.78, 5) is 6.37. The van der Waals surface area contributed by atoms with E-state index < -0.39 is 0 Å². The van der Waals surface area contributed by atoms with E-state index in [1.165, 1.54) is 0 Å². The van der Waals surface area contributed by atoms with E-state index in [2.05, 4.69) is 21.0 Å². The van der Waals surface area contributed by atoms with Crippen LogP contribution < -0.4 is 0 Å². The third kappa shape index (κ3) is 4.04. The molecule has 7 heteroatoms. The molecular formula is C16H20Cl2N4O. The summed E-state index contributed by atoms with van der Waals surface area (Å²) in [5.41, 5.74) is 2.03. The fourth-order valence-corrected chi connectivity index (χ4v) is 3.56. The highest BCUT2D eigenvalue weighted by Gasteiger charge is 2.24. The molecule has 5 nitrogen and oxygen atoms in total. The molecule has 0 bridgehead atoms. The summed E-state index contributed by atoms with van der Waals surface area (Å²) < 4.78 is 1.80. The van der Waals surface area contributed by atoms with Gasteiger partial charge in [0.1, 0.15) is 0 Å². The fraction of sp³-hybridized carbons (Fsp3) is 0.500. The smallest absolute Gasteiger partial charge is 0.0668 e. The van der Waals surface area contributed by atoms with E-state index in [9.17, 15) is 0 Å². The molecule has 0 radical (unpaired) electrons. The third-order valence-electron chi connectivity index (χ3n) is 4.25. The lowest BCUT2D eigenvalue weighted by Crippen LogP contribution is -2.34. The zero-order valence-electron chi connectivity index (χ0n) is 12.8. The Kier molecular flexibility index (Phi) is 5.54. The van der Waals surface area contributed by atoms with Crippen LogP contribution in [0, 0.1) is 0 Å². The van der Waals surface area contributed by atoms with E-state index in [0.717, 1.165) is 43.7 Å². The topological polar surface area (TPSA) is 54.2 Å². The lowest BCUT2D eigenvalue weighted by molar-refractivity contribution is 0.197. The number of aromatic nitrogens is 3. The summed E-state index contributed by atoms with van der Waals surface area (Å²) in [5.74, 6) is 0.406. The van der Waals surface area contributed by atoms with Crippen molar-refractivity contribution < 1.29 is 5.11 Å². The summed E-state index contributed by atoms with van der Waals surface area (Å²) in [6.45, 7) is 3.34. The van der Waals surface area contributed by atoms with Crippen molar-refractivity contribution in [2.75, 3.05) is 19.7 Å². The highest BCUT2D eigenvalue weighted by Crippen LogP contribution is 2.29. The summed E-state index contributed by atoms with van der Waals surface area (Å²) in [6, 6.07) is 2.05. The molecule has 1 saturated heterocycles. The third-order valence-corrected chi connectivity index (χ3v) is 4.90. The molecule has 1 fully saturated rings. The first kappa shape index (κ1) is 16.7. The lowest BCUT2D eigenvalue weighted by Gasteiger charge is -2.32. The average Bonchev–Trinajstić information content (AvgIpc) is 3.01. The minimum Gasteiger partial charge on any atom is -0.394 e. The number of piperidine rings is 1. The van der Waals surface area contributed by atoms with E-state index >= 15 is 0 Å². The summed E-state index contributed by atoms with van der Waals surface area (Å²) in [6.07, 6.45) is 7.46. The number of likely N-dealkylation sites (tertiary alicyclic amines) is 1. The number of aliphatic hydroxyl groups is 1. The standard InChI is InChI=1S/C16H20Cl2N4O/c17-14-8-19-9-15(18)13(14)11-21-4-1-2-12(10-21)16-3-5-22(20-16)6-7-23/h3,5,8-9,12,23H,1-2,4,6-7,10-11H2/t12-/m0/s1. The molecule has 1 aliphatic heterocycles. The van der Waals surface area contributed by atoms with Gasteiger partial charge in [0, 0.05) is 43.2 Å². The Morgan fingerprint density at radius 3 is 2.78 bits per heavy atom. The Labute approximate surface area is 145 Å². The number of halogens is 2. The minimum absolute atomic E-state index is 0.108.